The normalized spacial score (nSPS) is 53.5. The molecule has 7 aliphatic rings. The molecule has 36 nitrogen and oxygen atoms in total. The van der Waals surface area contributed by atoms with E-state index in [4.69, 9.17) is 61.6 Å². The molecule has 7 rings (SSSR count). The third-order valence-electron chi connectivity index (χ3n) is 14.5. The van der Waals surface area contributed by atoms with Gasteiger partial charge in [-0.3, -0.25) is 0 Å². The first-order valence-corrected chi connectivity index (χ1v) is 24.7. The van der Waals surface area contributed by atoms with Gasteiger partial charge in [-0.25, -0.2) is 0 Å². The third kappa shape index (κ3) is 13.1. The highest BCUT2D eigenvalue weighted by atomic mass is 16.8. The van der Waals surface area contributed by atoms with Crippen LogP contribution in [0.1, 0.15) is 0 Å². The zero-order chi connectivity index (χ0) is 57.3. The van der Waals surface area contributed by atoms with Gasteiger partial charge in [-0.15, -0.1) is 0 Å². The lowest BCUT2D eigenvalue weighted by atomic mass is 9.95. The number of aliphatic hydroxyl groups is 23. The summed E-state index contributed by atoms with van der Waals surface area (Å²) in [6, 6.07) is 0. The molecular weight excluding hydrogens is 1080 g/mol. The van der Waals surface area contributed by atoms with Crippen LogP contribution in [0.5, 0.6) is 0 Å². The van der Waals surface area contributed by atoms with E-state index in [2.05, 4.69) is 0 Å². The van der Waals surface area contributed by atoms with Crippen LogP contribution in [0.4, 0.5) is 0 Å². The lowest BCUT2D eigenvalue weighted by Gasteiger charge is -2.50. The Bertz CT molecular complexity index is 1820. The molecular formula is C42H72O36. The highest BCUT2D eigenvalue weighted by molar-refractivity contribution is 5.00. The molecule has 7 fully saturated rings. The monoisotopic (exact) mass is 1150 g/mol. The first kappa shape index (κ1) is 64.1. The van der Waals surface area contributed by atoms with Gasteiger partial charge in [0.25, 0.3) is 0 Å². The molecule has 0 aromatic rings. The number of hydrogen-bond donors (Lipinski definition) is 23. The van der Waals surface area contributed by atoms with Crippen molar-refractivity contribution in [1.29, 1.82) is 0 Å². The van der Waals surface area contributed by atoms with Crippen molar-refractivity contribution in [2.24, 2.45) is 0 Å². The molecule has 0 radical (unpaired) electrons. The summed E-state index contributed by atoms with van der Waals surface area (Å²) in [4.78, 5) is 0. The van der Waals surface area contributed by atoms with E-state index in [1.165, 1.54) is 0 Å². The summed E-state index contributed by atoms with van der Waals surface area (Å²) < 4.78 is 72.9. The zero-order valence-electron chi connectivity index (χ0n) is 40.8. The summed E-state index contributed by atoms with van der Waals surface area (Å²) in [6.45, 7) is -6.76. The van der Waals surface area contributed by atoms with Crippen LogP contribution in [0.25, 0.3) is 0 Å². The first-order valence-electron chi connectivity index (χ1n) is 24.7. The maximum atomic E-state index is 11.5. The van der Waals surface area contributed by atoms with Gasteiger partial charge in [0.2, 0.25) is 0 Å². The summed E-state index contributed by atoms with van der Waals surface area (Å²) >= 11 is 0. The van der Waals surface area contributed by atoms with Crippen LogP contribution in [0, 0.1) is 0 Å². The van der Waals surface area contributed by atoms with Crippen molar-refractivity contribution in [3.05, 3.63) is 0 Å². The number of hydrogen-bond acceptors (Lipinski definition) is 36. The van der Waals surface area contributed by atoms with Gasteiger partial charge < -0.3 is 179 Å². The van der Waals surface area contributed by atoms with Gasteiger partial charge in [0, 0.05) is 0 Å². The van der Waals surface area contributed by atoms with Crippen LogP contribution < -0.4 is 0 Å². The van der Waals surface area contributed by atoms with Gasteiger partial charge in [0.05, 0.1) is 46.2 Å². The second-order valence-corrected chi connectivity index (χ2v) is 19.6. The van der Waals surface area contributed by atoms with Gasteiger partial charge in [-0.05, 0) is 0 Å². The summed E-state index contributed by atoms with van der Waals surface area (Å²) in [5, 5.41) is 244. The van der Waals surface area contributed by atoms with E-state index in [0.717, 1.165) is 0 Å². The van der Waals surface area contributed by atoms with Crippen LogP contribution in [-0.2, 0) is 61.6 Å². The number of rotatable bonds is 19. The average Bonchev–Trinajstić information content (AvgIpc) is 3.47. The van der Waals surface area contributed by atoms with Crippen LogP contribution in [0.3, 0.4) is 0 Å². The van der Waals surface area contributed by atoms with Gasteiger partial charge in [-0.2, -0.15) is 0 Å². The highest BCUT2D eigenvalue weighted by Crippen LogP contribution is 2.37. The number of aliphatic hydroxyl groups excluding tert-OH is 23. The molecule has 7 heterocycles. The topological polar surface area (TPSA) is 585 Å². The number of ether oxygens (including phenoxy) is 13. The molecule has 36 heteroatoms. The van der Waals surface area contributed by atoms with E-state index in [-0.39, 0.29) is 0 Å². The Balaban J connectivity index is 1.07. The molecule has 7 saturated heterocycles. The van der Waals surface area contributed by atoms with Crippen molar-refractivity contribution in [2.45, 2.75) is 215 Å². The van der Waals surface area contributed by atoms with Gasteiger partial charge in [0.1, 0.15) is 171 Å². The van der Waals surface area contributed by atoms with E-state index >= 15 is 0 Å². The lowest BCUT2D eigenvalue weighted by molar-refractivity contribution is -0.409. The Morgan fingerprint density at radius 1 is 0.218 bits per heavy atom. The van der Waals surface area contributed by atoms with Gasteiger partial charge in [0.15, 0.2) is 44.0 Å². The molecule has 35 atom stereocenters. The van der Waals surface area contributed by atoms with E-state index in [1.54, 1.807) is 0 Å². The third-order valence-corrected chi connectivity index (χ3v) is 14.5. The zero-order valence-corrected chi connectivity index (χ0v) is 40.8. The van der Waals surface area contributed by atoms with Gasteiger partial charge >= 0.3 is 0 Å². The molecule has 456 valence electrons. The van der Waals surface area contributed by atoms with Crippen molar-refractivity contribution in [3.8, 4) is 0 Å². The molecule has 0 spiro atoms. The summed E-state index contributed by atoms with van der Waals surface area (Å²) in [6.07, 6.45) is -69.7. The van der Waals surface area contributed by atoms with Crippen LogP contribution in [0.2, 0.25) is 0 Å². The van der Waals surface area contributed by atoms with E-state index in [9.17, 15) is 117 Å². The maximum Gasteiger partial charge on any atom is 0.187 e. The smallest absolute Gasteiger partial charge is 0.187 e. The Morgan fingerprint density at radius 2 is 0.487 bits per heavy atom. The van der Waals surface area contributed by atoms with Crippen LogP contribution in [0.15, 0.2) is 0 Å². The SMILES string of the molecule is OC[C@H]1O[C@H](O[C@@H]2[C@H](O)[C@@H](O[C@@H]3[C@@H](O[C@@H]4[C@@H](O[C@H]5[C@@H](O)[C@H](O)[C@@H](CO[C@H]6O[C@H](CO)[C@@H](O)[C@H](O)[C@@H]6O[C@H]6O[C@H](CO)[C@@H](O)[C@H](O)[C@@H]6O)O[C@@H]5O)O[C@H](CO)[C@@H](O)[C@@H]4O)O[C@H](CO)[C@@H](O)[C@@H]3O)O[C@H](CO)[C@H]2O)[C@@H](O)[C@@H](O)[C@@H]1O. The minimum Gasteiger partial charge on any atom is -0.394 e. The molecule has 78 heavy (non-hydrogen) atoms. The molecule has 0 saturated carbocycles. The molecule has 0 amide bonds. The van der Waals surface area contributed by atoms with Crippen LogP contribution in [-0.4, -0.2) is 379 Å². The predicted molar refractivity (Wildman–Crippen MR) is 232 cm³/mol. The minimum absolute atomic E-state index is 0.881. The summed E-state index contributed by atoms with van der Waals surface area (Å²) in [7, 11) is 0. The van der Waals surface area contributed by atoms with E-state index in [1.807, 2.05) is 0 Å². The van der Waals surface area contributed by atoms with Crippen molar-refractivity contribution < 1.29 is 179 Å². The minimum atomic E-state index is -2.33. The van der Waals surface area contributed by atoms with E-state index < -0.39 is 261 Å². The Kier molecular flexibility index (Phi) is 22.6. The van der Waals surface area contributed by atoms with Crippen molar-refractivity contribution >= 4 is 0 Å². The summed E-state index contributed by atoms with van der Waals surface area (Å²) in [5.41, 5.74) is 0. The lowest BCUT2D eigenvalue weighted by Crippen LogP contribution is -2.68. The van der Waals surface area contributed by atoms with Crippen molar-refractivity contribution in [1.82, 2.24) is 0 Å². The maximum absolute atomic E-state index is 11.5. The van der Waals surface area contributed by atoms with Crippen molar-refractivity contribution in [2.75, 3.05) is 46.2 Å². The molecule has 23 N–H and O–H groups in total. The fraction of sp³-hybridized carbons (Fsp3) is 1.00. The molecule has 0 unspecified atom stereocenters. The predicted octanol–water partition coefficient (Wildman–Crippen LogP) is -16.3. The average molecular weight is 1150 g/mol. The van der Waals surface area contributed by atoms with Crippen molar-refractivity contribution in [3.63, 3.8) is 0 Å². The first-order chi connectivity index (χ1) is 37.0. The molecule has 0 aromatic heterocycles. The fourth-order valence-electron chi connectivity index (χ4n) is 9.81. The fourth-order valence-corrected chi connectivity index (χ4v) is 9.81. The Hall–Kier alpha value is -1.44. The van der Waals surface area contributed by atoms with Gasteiger partial charge in [-0.1, -0.05) is 0 Å². The molecule has 0 bridgehead atoms. The second-order valence-electron chi connectivity index (χ2n) is 19.6. The molecule has 0 aromatic carbocycles. The Labute approximate surface area is 439 Å². The largest absolute Gasteiger partial charge is 0.394 e. The summed E-state index contributed by atoms with van der Waals surface area (Å²) in [5.74, 6) is 0. The highest BCUT2D eigenvalue weighted by Gasteiger charge is 2.58. The second kappa shape index (κ2) is 27.5. The van der Waals surface area contributed by atoms with E-state index in [0.29, 0.717) is 0 Å². The van der Waals surface area contributed by atoms with Crippen LogP contribution >= 0.6 is 0 Å². The quantitative estimate of drug-likeness (QED) is 0.0571. The molecule has 0 aliphatic carbocycles. The molecule has 7 aliphatic heterocycles. The Morgan fingerprint density at radius 3 is 0.885 bits per heavy atom. The standard InChI is InChI=1S/C42H72O36/c43-1-8-15(49)22(56)28(62)37(68-8)74-31-21(55)13(6-48)70-39(30(31)64)77-34-26(60)18(52)12(5-47)73-42(34)78-35-27(61)19(53)11(4-46)72-41(35)75-32-24(58)20(54)14(67-36(32)65)7-66-40-33(25(59)17(51)10(3-45)71-40)76-38-29(63)23(57)16(50)9(2-44)69-38/h8-65H,1-7H2/t8-,9-,10-,11-,12-,13-,14-,15-,16-,17-,18-,19-,20-,21-,22+,23+,24+,25+,26+,27+,28+,29+,30+,31+,32+,33+,34+,35+,36+,37-,38-,39-,40+,41-,42-/m1/s1.